The number of halogens is 2. The molecule has 1 unspecified atom stereocenters. The fourth-order valence-electron chi connectivity index (χ4n) is 1.01. The third kappa shape index (κ3) is 4.60. The number of nitrogens with two attached hydrogens (primary N) is 1. The lowest BCUT2D eigenvalue weighted by molar-refractivity contribution is 0.645. The van der Waals surface area contributed by atoms with Crippen LogP contribution in [-0.4, -0.2) is 11.0 Å². The maximum absolute atomic E-state index is 5.81. The van der Waals surface area contributed by atoms with Crippen LogP contribution in [0.2, 0.25) is 0 Å². The van der Waals surface area contributed by atoms with E-state index < -0.39 is 0 Å². The van der Waals surface area contributed by atoms with E-state index in [2.05, 4.69) is 33.9 Å². The first-order chi connectivity index (χ1) is 5.72. The summed E-state index contributed by atoms with van der Waals surface area (Å²) >= 11 is 3.37. The summed E-state index contributed by atoms with van der Waals surface area (Å²) < 4.78 is 1.02. The Morgan fingerprint density at radius 1 is 1.54 bits per heavy atom. The Kier molecular flexibility index (Phi) is 6.29. The van der Waals surface area contributed by atoms with Gasteiger partial charge in [-0.2, -0.15) is 0 Å². The highest BCUT2D eigenvalue weighted by atomic mass is 79.9. The van der Waals surface area contributed by atoms with Gasteiger partial charge >= 0.3 is 0 Å². The molecule has 0 aliphatic rings. The molecular formula is C9H14BrClN2. The molecular weight excluding hydrogens is 251 g/mol. The van der Waals surface area contributed by atoms with E-state index in [1.807, 2.05) is 6.20 Å². The molecule has 1 rings (SSSR count). The quantitative estimate of drug-likeness (QED) is 0.912. The lowest BCUT2D eigenvalue weighted by Gasteiger charge is -2.07. The van der Waals surface area contributed by atoms with Gasteiger partial charge in [0.2, 0.25) is 0 Å². The Bertz CT molecular complexity index is 255. The number of hydrogen-bond donors (Lipinski definition) is 1. The highest BCUT2D eigenvalue weighted by Gasteiger charge is 2.01. The number of rotatable bonds is 3. The summed E-state index contributed by atoms with van der Waals surface area (Å²) in [6.07, 6.45) is 5.55. The normalized spacial score (nSPS) is 11.9. The number of aromatic nitrogens is 1. The van der Waals surface area contributed by atoms with Crippen LogP contribution in [0.5, 0.6) is 0 Å². The molecule has 1 aromatic heterocycles. The maximum Gasteiger partial charge on any atom is 0.0410 e. The van der Waals surface area contributed by atoms with E-state index in [9.17, 15) is 0 Å². The summed E-state index contributed by atoms with van der Waals surface area (Å²) in [6, 6.07) is 2.31. The van der Waals surface area contributed by atoms with Crippen LogP contribution in [0.1, 0.15) is 18.9 Å². The molecule has 0 spiro atoms. The zero-order valence-electron chi connectivity index (χ0n) is 7.53. The monoisotopic (exact) mass is 264 g/mol. The van der Waals surface area contributed by atoms with E-state index >= 15 is 0 Å². The molecule has 0 saturated carbocycles. The van der Waals surface area contributed by atoms with E-state index in [0.717, 1.165) is 17.3 Å². The highest BCUT2D eigenvalue weighted by Crippen LogP contribution is 2.11. The minimum absolute atomic E-state index is 0. The van der Waals surface area contributed by atoms with Crippen molar-refractivity contribution in [2.45, 2.75) is 25.8 Å². The van der Waals surface area contributed by atoms with Gasteiger partial charge in [0.05, 0.1) is 0 Å². The zero-order valence-corrected chi connectivity index (χ0v) is 9.94. The van der Waals surface area contributed by atoms with Gasteiger partial charge in [-0.25, -0.2) is 0 Å². The molecule has 0 radical (unpaired) electrons. The predicted molar refractivity (Wildman–Crippen MR) is 61.2 cm³/mol. The molecule has 0 aliphatic carbocycles. The topological polar surface area (TPSA) is 38.9 Å². The summed E-state index contributed by atoms with van der Waals surface area (Å²) in [6.45, 7) is 2.09. The molecule has 13 heavy (non-hydrogen) atoms. The maximum atomic E-state index is 5.81. The first-order valence-electron chi connectivity index (χ1n) is 4.07. The first-order valence-corrected chi connectivity index (χ1v) is 4.86. The van der Waals surface area contributed by atoms with Crippen LogP contribution in [0.3, 0.4) is 0 Å². The van der Waals surface area contributed by atoms with Gasteiger partial charge in [-0.3, -0.25) is 4.98 Å². The van der Waals surface area contributed by atoms with Crippen molar-refractivity contribution in [1.82, 2.24) is 4.98 Å². The van der Waals surface area contributed by atoms with E-state index in [1.165, 1.54) is 5.56 Å². The Morgan fingerprint density at radius 3 is 2.77 bits per heavy atom. The van der Waals surface area contributed by atoms with Gasteiger partial charge in [0.25, 0.3) is 0 Å². The fourth-order valence-corrected chi connectivity index (χ4v) is 1.43. The Hall–Kier alpha value is -0.120. The van der Waals surface area contributed by atoms with Crippen molar-refractivity contribution in [2.75, 3.05) is 0 Å². The summed E-state index contributed by atoms with van der Waals surface area (Å²) in [5.74, 6) is 0. The van der Waals surface area contributed by atoms with E-state index in [0.29, 0.717) is 0 Å². The van der Waals surface area contributed by atoms with Crippen LogP contribution in [0.25, 0.3) is 0 Å². The van der Waals surface area contributed by atoms with Crippen LogP contribution in [0.4, 0.5) is 0 Å². The third-order valence-electron chi connectivity index (χ3n) is 1.78. The molecule has 0 fully saturated rings. The Balaban J connectivity index is 0.00000144. The van der Waals surface area contributed by atoms with Gasteiger partial charge in [0, 0.05) is 22.9 Å². The smallest absolute Gasteiger partial charge is 0.0410 e. The number of hydrogen-bond acceptors (Lipinski definition) is 2. The Labute approximate surface area is 93.5 Å². The minimum Gasteiger partial charge on any atom is -0.327 e. The summed E-state index contributed by atoms with van der Waals surface area (Å²) in [4.78, 5) is 4.07. The molecule has 1 atom stereocenters. The molecule has 1 heterocycles. The average molecular weight is 266 g/mol. The molecule has 0 bridgehead atoms. The molecule has 0 aromatic carbocycles. The standard InChI is InChI=1S/C9H13BrN2.ClH/c1-2-9(11)4-7-3-8(10)6-12-5-7;/h3,5-6,9H,2,4,11H2,1H3;1H. The largest absolute Gasteiger partial charge is 0.327 e. The van der Waals surface area contributed by atoms with Gasteiger partial charge in [-0.1, -0.05) is 6.92 Å². The third-order valence-corrected chi connectivity index (χ3v) is 2.22. The lowest BCUT2D eigenvalue weighted by atomic mass is 10.1. The molecule has 2 N–H and O–H groups in total. The lowest BCUT2D eigenvalue weighted by Crippen LogP contribution is -2.21. The van der Waals surface area contributed by atoms with Crippen molar-refractivity contribution >= 4 is 28.3 Å². The second-order valence-corrected chi connectivity index (χ2v) is 3.80. The zero-order chi connectivity index (χ0) is 8.97. The summed E-state index contributed by atoms with van der Waals surface area (Å²) in [7, 11) is 0. The van der Waals surface area contributed by atoms with E-state index in [4.69, 9.17) is 5.73 Å². The molecule has 0 amide bonds. The van der Waals surface area contributed by atoms with Crippen molar-refractivity contribution in [2.24, 2.45) is 5.73 Å². The van der Waals surface area contributed by atoms with Gasteiger partial charge < -0.3 is 5.73 Å². The van der Waals surface area contributed by atoms with E-state index in [-0.39, 0.29) is 18.4 Å². The summed E-state index contributed by atoms with van der Waals surface area (Å²) in [5, 5.41) is 0. The fraction of sp³-hybridized carbons (Fsp3) is 0.444. The molecule has 74 valence electrons. The minimum atomic E-state index is 0. The Morgan fingerprint density at radius 2 is 2.23 bits per heavy atom. The average Bonchev–Trinajstić information content (AvgIpc) is 2.04. The van der Waals surface area contributed by atoms with Crippen LogP contribution < -0.4 is 5.73 Å². The summed E-state index contributed by atoms with van der Waals surface area (Å²) in [5.41, 5.74) is 7.01. The highest BCUT2D eigenvalue weighted by molar-refractivity contribution is 9.10. The van der Waals surface area contributed by atoms with Crippen LogP contribution in [0.15, 0.2) is 22.9 Å². The molecule has 0 saturated heterocycles. The van der Waals surface area contributed by atoms with Crippen LogP contribution in [0, 0.1) is 0 Å². The second-order valence-electron chi connectivity index (χ2n) is 2.88. The predicted octanol–water partition coefficient (Wildman–Crippen LogP) is 2.55. The number of pyridine rings is 1. The van der Waals surface area contributed by atoms with Crippen molar-refractivity contribution in [3.05, 3.63) is 28.5 Å². The van der Waals surface area contributed by atoms with E-state index in [1.54, 1.807) is 6.20 Å². The van der Waals surface area contributed by atoms with Gasteiger partial charge in [0.1, 0.15) is 0 Å². The van der Waals surface area contributed by atoms with Crippen LogP contribution in [-0.2, 0) is 6.42 Å². The van der Waals surface area contributed by atoms with Crippen molar-refractivity contribution in [1.29, 1.82) is 0 Å². The molecule has 0 aliphatic heterocycles. The van der Waals surface area contributed by atoms with Gasteiger partial charge in [-0.15, -0.1) is 12.4 Å². The van der Waals surface area contributed by atoms with Crippen molar-refractivity contribution in [3.63, 3.8) is 0 Å². The number of nitrogens with zero attached hydrogens (tertiary/aromatic N) is 1. The van der Waals surface area contributed by atoms with Crippen LogP contribution >= 0.6 is 28.3 Å². The van der Waals surface area contributed by atoms with Crippen molar-refractivity contribution < 1.29 is 0 Å². The molecule has 4 heteroatoms. The van der Waals surface area contributed by atoms with Gasteiger partial charge in [-0.05, 0) is 40.4 Å². The van der Waals surface area contributed by atoms with Gasteiger partial charge in [0.15, 0.2) is 0 Å². The van der Waals surface area contributed by atoms with Crippen molar-refractivity contribution in [3.8, 4) is 0 Å². The second kappa shape index (κ2) is 6.35. The SMILES string of the molecule is CCC(N)Cc1cncc(Br)c1.Cl. The molecule has 2 nitrogen and oxygen atoms in total. The first kappa shape index (κ1) is 12.9. The molecule has 1 aromatic rings.